The monoisotopic (exact) mass is 1380 g/mol. The Kier molecular flexibility index (Phi) is 67.3. The summed E-state index contributed by atoms with van der Waals surface area (Å²) in [7, 11) is -9.77. The Hall–Kier alpha value is -3.79. The van der Waals surface area contributed by atoms with Crippen molar-refractivity contribution in [2.45, 2.75) is 322 Å². The Labute approximate surface area is 577 Å². The molecule has 0 amide bonds. The summed E-state index contributed by atoms with van der Waals surface area (Å²) in [5, 5.41) is 20.6. The van der Waals surface area contributed by atoms with Crippen molar-refractivity contribution < 1.29 is 75.8 Å². The minimum atomic E-state index is -4.92. The summed E-state index contributed by atoms with van der Waals surface area (Å²) in [6, 6.07) is 0. The molecule has 0 radical (unpaired) electrons. The van der Waals surface area contributed by atoms with Gasteiger partial charge in [-0.2, -0.15) is 0 Å². The molecular weight excluding hydrogens is 1240 g/mol. The maximum Gasteiger partial charge on any atom is 0.472 e. The zero-order valence-electron chi connectivity index (χ0n) is 59.6. The summed E-state index contributed by atoms with van der Waals surface area (Å²) < 4.78 is 60.9. The van der Waals surface area contributed by atoms with Crippen LogP contribution >= 0.6 is 15.6 Å². The molecule has 0 spiro atoms. The number of aliphatic hydroxyl groups excluding tert-OH is 2. The van der Waals surface area contributed by atoms with Crippen LogP contribution < -0.4 is 0 Å². The number of hydrogen-bond acceptors (Lipinski definition) is 14. The lowest BCUT2D eigenvalue weighted by Crippen LogP contribution is -2.30. The molecule has 0 fully saturated rings. The standard InChI is InChI=1S/C77H134O16P2/c1-4-7-10-13-16-19-22-24-26-28-29-30-31-32-33-34-35-36-37-38-39-40-41-43-45-46-49-51-54-57-60-63-75(80)87-66-72(78)67-89-94(83,84)90-68-73(79)69-91-95(85,86)92-71-74(93-77(82)65-62-59-56-53-48-21-18-15-12-9-6-3)70-88-76(81)64-61-58-55-52-50-47-44-42-27-25-23-20-17-14-11-8-5-2/h7-8,10-11,16-17,19-20,24-27,29-30,32-33,35-36,72-74,78-79H,4-6,9,12-15,18,21-23,28,31,34,37-71H2,1-3H3,(H,83,84)(H,85,86)/b10-7-,11-8-,19-16-,20-17-,26-24-,27-25-,30-29-,33-32-,36-35-. The fourth-order valence-corrected chi connectivity index (χ4v) is 11.5. The second-order valence-corrected chi connectivity index (χ2v) is 27.6. The van der Waals surface area contributed by atoms with Crippen LogP contribution in [-0.4, -0.2) is 95.9 Å². The maximum absolute atomic E-state index is 12.9. The zero-order valence-corrected chi connectivity index (χ0v) is 61.4. The van der Waals surface area contributed by atoms with E-state index in [1.54, 1.807) is 0 Å². The van der Waals surface area contributed by atoms with E-state index >= 15 is 0 Å². The predicted octanol–water partition coefficient (Wildman–Crippen LogP) is 21.2. The van der Waals surface area contributed by atoms with Crippen molar-refractivity contribution in [1.82, 2.24) is 0 Å². The number of phosphoric acid groups is 2. The van der Waals surface area contributed by atoms with Gasteiger partial charge < -0.3 is 34.2 Å². The average molecular weight is 1380 g/mol. The average Bonchev–Trinajstić information content (AvgIpc) is 1.94. The van der Waals surface area contributed by atoms with Crippen LogP contribution in [0.3, 0.4) is 0 Å². The highest BCUT2D eigenvalue weighted by Crippen LogP contribution is 2.45. The first-order chi connectivity index (χ1) is 46.2. The Morgan fingerprint density at radius 3 is 0.884 bits per heavy atom. The van der Waals surface area contributed by atoms with E-state index in [2.05, 4.69) is 130 Å². The number of unbranched alkanes of at least 4 members (excludes halogenated alkanes) is 29. The Balaban J connectivity index is 4.40. The van der Waals surface area contributed by atoms with Gasteiger partial charge >= 0.3 is 33.6 Å². The summed E-state index contributed by atoms with van der Waals surface area (Å²) in [6.45, 7) is 2.44. The molecule has 5 atom stereocenters. The Bertz CT molecular complexity index is 2170. The third-order valence-corrected chi connectivity index (χ3v) is 17.4. The first-order valence-corrected chi connectivity index (χ1v) is 40.2. The molecule has 4 N–H and O–H groups in total. The van der Waals surface area contributed by atoms with Crippen molar-refractivity contribution in [1.29, 1.82) is 0 Å². The second-order valence-electron chi connectivity index (χ2n) is 24.7. The minimum Gasteiger partial charge on any atom is -0.463 e. The SMILES string of the molecule is CC/C=C\C/C=C\C/C=C\C/C=C\C/C=C\C/C=C\CCCCCCCCCCCCCCC(=O)OCC(O)COP(=O)(O)OCC(O)COP(=O)(O)OCC(COC(=O)CCCCCCCCC/C=C\C/C=C\C/C=C\CC)OC(=O)CCCCCCCCCCCCC. The molecule has 0 aliphatic carbocycles. The lowest BCUT2D eigenvalue weighted by atomic mass is 10.0. The summed E-state index contributed by atoms with van der Waals surface area (Å²) in [5.74, 6) is -1.58. The van der Waals surface area contributed by atoms with Crippen molar-refractivity contribution >= 4 is 33.6 Å². The molecule has 0 rings (SSSR count). The molecule has 0 aliphatic rings. The van der Waals surface area contributed by atoms with E-state index in [9.17, 15) is 43.5 Å². The number of esters is 3. The molecule has 0 aromatic carbocycles. The molecule has 0 heterocycles. The largest absolute Gasteiger partial charge is 0.472 e. The van der Waals surface area contributed by atoms with Gasteiger partial charge in [0, 0.05) is 19.3 Å². The highest BCUT2D eigenvalue weighted by Gasteiger charge is 2.29. The molecule has 0 bridgehead atoms. The van der Waals surface area contributed by atoms with E-state index in [-0.39, 0.29) is 19.3 Å². The normalized spacial score (nSPS) is 14.7. The van der Waals surface area contributed by atoms with Crippen LogP contribution in [0.4, 0.5) is 0 Å². The van der Waals surface area contributed by atoms with Crippen LogP contribution in [0.1, 0.15) is 303 Å². The molecule has 0 aromatic rings. The number of carbonyl (C=O) groups excluding carboxylic acids is 3. The fourth-order valence-electron chi connectivity index (χ4n) is 9.88. The van der Waals surface area contributed by atoms with Gasteiger partial charge in [-0.25, -0.2) is 9.13 Å². The van der Waals surface area contributed by atoms with Crippen molar-refractivity contribution in [3.8, 4) is 0 Å². The third-order valence-electron chi connectivity index (χ3n) is 15.5. The molecule has 5 unspecified atom stereocenters. The third kappa shape index (κ3) is 71.3. The number of aliphatic hydroxyl groups is 2. The van der Waals surface area contributed by atoms with E-state index < -0.39 is 91.5 Å². The van der Waals surface area contributed by atoms with Gasteiger partial charge in [-0.1, -0.05) is 291 Å². The number of phosphoric ester groups is 2. The van der Waals surface area contributed by atoms with Crippen molar-refractivity contribution in [3.63, 3.8) is 0 Å². The number of rotatable bonds is 70. The van der Waals surface area contributed by atoms with Gasteiger partial charge in [0.15, 0.2) is 6.10 Å². The summed E-state index contributed by atoms with van der Waals surface area (Å²) >= 11 is 0. The topological polar surface area (TPSA) is 231 Å². The number of carbonyl (C=O) groups is 3. The summed E-state index contributed by atoms with van der Waals surface area (Å²) in [5.41, 5.74) is 0. The van der Waals surface area contributed by atoms with Gasteiger partial charge in [0.1, 0.15) is 25.4 Å². The molecule has 0 saturated heterocycles. The molecule has 95 heavy (non-hydrogen) atoms. The van der Waals surface area contributed by atoms with Crippen LogP contribution in [0.15, 0.2) is 109 Å². The highest BCUT2D eigenvalue weighted by molar-refractivity contribution is 7.47. The number of allylic oxidation sites excluding steroid dienone is 18. The van der Waals surface area contributed by atoms with Crippen molar-refractivity contribution in [3.05, 3.63) is 109 Å². The second kappa shape index (κ2) is 70.1. The van der Waals surface area contributed by atoms with Gasteiger partial charge in [-0.3, -0.25) is 32.5 Å². The fraction of sp³-hybridized carbons (Fsp3) is 0.727. The molecule has 0 aliphatic heterocycles. The van der Waals surface area contributed by atoms with Gasteiger partial charge in [-0.05, 0) is 103 Å². The lowest BCUT2D eigenvalue weighted by Gasteiger charge is -2.21. The van der Waals surface area contributed by atoms with Gasteiger partial charge in [-0.15, -0.1) is 0 Å². The van der Waals surface area contributed by atoms with Crippen LogP contribution in [0.25, 0.3) is 0 Å². The van der Waals surface area contributed by atoms with Gasteiger partial charge in [0.2, 0.25) is 0 Å². The van der Waals surface area contributed by atoms with Crippen LogP contribution in [0, 0.1) is 0 Å². The Morgan fingerprint density at radius 1 is 0.305 bits per heavy atom. The predicted molar refractivity (Wildman–Crippen MR) is 390 cm³/mol. The summed E-state index contributed by atoms with van der Waals surface area (Å²) in [4.78, 5) is 58.4. The number of hydrogen-bond donors (Lipinski definition) is 4. The van der Waals surface area contributed by atoms with Crippen molar-refractivity contribution in [2.75, 3.05) is 39.6 Å². The van der Waals surface area contributed by atoms with E-state index in [1.165, 1.54) is 89.9 Å². The number of ether oxygens (including phenoxy) is 3. The smallest absolute Gasteiger partial charge is 0.463 e. The zero-order chi connectivity index (χ0) is 69.5. The molecule has 0 saturated carbocycles. The lowest BCUT2D eigenvalue weighted by molar-refractivity contribution is -0.161. The van der Waals surface area contributed by atoms with E-state index in [0.29, 0.717) is 19.3 Å². The maximum atomic E-state index is 12.9. The van der Waals surface area contributed by atoms with Crippen LogP contribution in [-0.2, 0) is 55.8 Å². The highest BCUT2D eigenvalue weighted by atomic mass is 31.2. The van der Waals surface area contributed by atoms with Gasteiger partial charge in [0.05, 0.1) is 26.4 Å². The first-order valence-electron chi connectivity index (χ1n) is 37.2. The van der Waals surface area contributed by atoms with Gasteiger partial charge in [0.25, 0.3) is 0 Å². The summed E-state index contributed by atoms with van der Waals surface area (Å²) in [6.07, 6.45) is 80.1. The van der Waals surface area contributed by atoms with E-state index in [1.807, 2.05) is 0 Å². The quantitative estimate of drug-likeness (QED) is 0.0146. The molecule has 0 aromatic heterocycles. The molecule has 18 heteroatoms. The Morgan fingerprint density at radius 2 is 0.558 bits per heavy atom. The molecule has 548 valence electrons. The van der Waals surface area contributed by atoms with Crippen LogP contribution in [0.2, 0.25) is 0 Å². The molecule has 16 nitrogen and oxygen atoms in total. The minimum absolute atomic E-state index is 0.105. The molecular formula is C77H134O16P2. The van der Waals surface area contributed by atoms with Crippen LogP contribution in [0.5, 0.6) is 0 Å². The van der Waals surface area contributed by atoms with E-state index in [4.69, 9.17) is 32.3 Å². The van der Waals surface area contributed by atoms with E-state index in [0.717, 1.165) is 154 Å². The first kappa shape index (κ1) is 91.2. The van der Waals surface area contributed by atoms with Crippen molar-refractivity contribution in [2.24, 2.45) is 0 Å².